The van der Waals surface area contributed by atoms with Crippen LogP contribution in [-0.4, -0.2) is 12.3 Å². The molecule has 0 saturated heterocycles. The van der Waals surface area contributed by atoms with E-state index in [-0.39, 0.29) is 33.9 Å². The van der Waals surface area contributed by atoms with Crippen LogP contribution in [0.2, 0.25) is 0 Å². The predicted molar refractivity (Wildman–Crippen MR) is 320 cm³/mol. The van der Waals surface area contributed by atoms with Gasteiger partial charge in [-0.05, 0) is 172 Å². The summed E-state index contributed by atoms with van der Waals surface area (Å²) in [6.45, 7) is 24.5. The fourth-order valence-electron chi connectivity index (χ4n) is 14.9. The van der Waals surface area contributed by atoms with Gasteiger partial charge in [0.1, 0.15) is 0 Å². The fourth-order valence-corrected chi connectivity index (χ4v) is 16.0. The zero-order valence-electron chi connectivity index (χ0n) is 45.1. The maximum absolute atomic E-state index is 2.88. The summed E-state index contributed by atoms with van der Waals surface area (Å²) in [5.41, 5.74) is 24.2. The monoisotopic (exact) mass is 982 g/mol. The van der Waals surface area contributed by atoms with Gasteiger partial charge in [-0.3, -0.25) is 0 Å². The number of hydrogen-bond donors (Lipinski definition) is 0. The third kappa shape index (κ3) is 6.38. The van der Waals surface area contributed by atoms with Crippen LogP contribution < -0.4 is 31.1 Å². The Bertz CT molecular complexity index is 3800. The highest BCUT2D eigenvalue weighted by molar-refractivity contribution is 7.26. The molecule has 3 aliphatic heterocycles. The molecule has 5 aliphatic rings. The minimum Gasteiger partial charge on any atom is -0.335 e. The van der Waals surface area contributed by atoms with Crippen LogP contribution in [0.25, 0.3) is 31.3 Å². The Morgan fingerprint density at radius 2 is 1.23 bits per heavy atom. The lowest BCUT2D eigenvalue weighted by molar-refractivity contribution is 0.195. The van der Waals surface area contributed by atoms with Crippen molar-refractivity contribution in [2.75, 3.05) is 14.7 Å². The molecule has 3 nitrogen and oxygen atoms in total. The first-order valence-electron chi connectivity index (χ1n) is 27.5. The van der Waals surface area contributed by atoms with Gasteiger partial charge in [0.25, 0.3) is 6.71 Å². The molecule has 0 radical (unpaired) electrons. The normalized spacial score (nSPS) is 20.8. The lowest BCUT2D eigenvalue weighted by Gasteiger charge is -2.53. The summed E-state index contributed by atoms with van der Waals surface area (Å²) in [4.78, 5) is 8.19. The molecule has 0 spiro atoms. The Kier molecular flexibility index (Phi) is 9.79. The van der Waals surface area contributed by atoms with E-state index in [0.717, 1.165) is 24.2 Å². The molecule has 2 atom stereocenters. The Balaban J connectivity index is 1.10. The maximum Gasteiger partial charge on any atom is 0.252 e. The van der Waals surface area contributed by atoms with Gasteiger partial charge in [-0.1, -0.05) is 159 Å². The summed E-state index contributed by atoms with van der Waals surface area (Å²) >= 11 is 1.89. The van der Waals surface area contributed by atoms with Crippen LogP contribution in [0.15, 0.2) is 158 Å². The molecule has 0 bridgehead atoms. The van der Waals surface area contributed by atoms with E-state index in [2.05, 4.69) is 242 Å². The van der Waals surface area contributed by atoms with E-state index < -0.39 is 0 Å². The molecule has 9 aromatic rings. The number of thiophene rings is 1. The molecule has 1 aromatic heterocycles. The largest absolute Gasteiger partial charge is 0.335 e. The quantitative estimate of drug-likeness (QED) is 0.159. The number of nitrogens with zero attached hydrogens (tertiary/aromatic N) is 3. The highest BCUT2D eigenvalue weighted by Gasteiger charge is 2.61. The van der Waals surface area contributed by atoms with E-state index in [4.69, 9.17) is 0 Å². The zero-order chi connectivity index (χ0) is 50.8. The molecule has 74 heavy (non-hydrogen) atoms. The van der Waals surface area contributed by atoms with Crippen LogP contribution in [0.3, 0.4) is 0 Å². The van der Waals surface area contributed by atoms with Gasteiger partial charge in [-0.25, -0.2) is 0 Å². The van der Waals surface area contributed by atoms with Crippen molar-refractivity contribution in [3.05, 3.63) is 186 Å². The second-order valence-electron chi connectivity index (χ2n) is 25.5. The van der Waals surface area contributed by atoms with Crippen molar-refractivity contribution >= 4 is 100 Å². The number of anilines is 8. The Hall–Kier alpha value is -6.56. The van der Waals surface area contributed by atoms with Crippen molar-refractivity contribution in [3.8, 4) is 11.1 Å². The van der Waals surface area contributed by atoms with Gasteiger partial charge in [0, 0.05) is 65.3 Å². The molecule has 368 valence electrons. The van der Waals surface area contributed by atoms with Gasteiger partial charge in [0.05, 0.1) is 16.9 Å². The molecule has 2 unspecified atom stereocenters. The Morgan fingerprint density at radius 1 is 0.554 bits per heavy atom. The first-order valence-corrected chi connectivity index (χ1v) is 28.4. The molecule has 1 saturated carbocycles. The SMILES string of the molecule is Cc1cc2c3c(c1)N1c4c(cccc4C4(C)CCCCC14C)B3c1ccc(N(c3ccc(C(C)(C)C)cc3)c3cccc4sc5ccccc5c34)cc1N2c1cc2c(cc1-c1ccccc1)C(C)(C)CCC2(C)C. The van der Waals surface area contributed by atoms with Gasteiger partial charge in [0.15, 0.2) is 0 Å². The van der Waals surface area contributed by atoms with Crippen molar-refractivity contribution in [3.63, 3.8) is 0 Å². The smallest absolute Gasteiger partial charge is 0.252 e. The maximum atomic E-state index is 2.88. The van der Waals surface area contributed by atoms with Crippen molar-refractivity contribution < 1.29 is 0 Å². The highest BCUT2D eigenvalue weighted by Crippen LogP contribution is 2.62. The second-order valence-corrected chi connectivity index (χ2v) is 26.6. The lowest BCUT2D eigenvalue weighted by Crippen LogP contribution is -2.64. The van der Waals surface area contributed by atoms with Gasteiger partial charge in [-0.15, -0.1) is 11.3 Å². The number of aryl methyl sites for hydroxylation is 1. The topological polar surface area (TPSA) is 9.72 Å². The number of para-hydroxylation sites is 1. The number of fused-ring (bicyclic) bond motifs is 11. The standard InChI is InChI=1S/C69H68BN3S/c1-43-38-58-63-59(39-43)73-64-50(68(9)34-16-17-35-69(68,73)10)23-18-24-54(64)70(63)53-33-32-47(40-57(53)72(58)56-42-52-51(66(5,6)36-37-67(52,7)8)41-49(56)44-20-12-11-13-21-44)71(46-30-28-45(29-31-46)65(2,3)4)55-25-19-27-61-62(55)48-22-14-15-26-60(48)74-61/h11-15,18-33,38-42H,16-17,34-37H2,1-10H3. The molecule has 1 fully saturated rings. The van der Waals surface area contributed by atoms with Crippen LogP contribution in [0.1, 0.15) is 129 Å². The number of benzene rings is 8. The second kappa shape index (κ2) is 15.7. The van der Waals surface area contributed by atoms with Crippen LogP contribution in [0, 0.1) is 6.92 Å². The van der Waals surface area contributed by atoms with Crippen LogP contribution >= 0.6 is 11.3 Å². The van der Waals surface area contributed by atoms with Crippen molar-refractivity contribution in [1.29, 1.82) is 0 Å². The summed E-state index contributed by atoms with van der Waals surface area (Å²) in [6.07, 6.45) is 7.24. The molecule has 8 aromatic carbocycles. The Morgan fingerprint density at radius 3 is 2.00 bits per heavy atom. The van der Waals surface area contributed by atoms with Gasteiger partial charge in [0.2, 0.25) is 0 Å². The molecular weight excluding hydrogens is 914 g/mol. The van der Waals surface area contributed by atoms with Crippen LogP contribution in [0.4, 0.5) is 45.5 Å². The third-order valence-corrected chi connectivity index (χ3v) is 20.4. The molecule has 2 aliphatic carbocycles. The van der Waals surface area contributed by atoms with Gasteiger partial charge < -0.3 is 14.7 Å². The summed E-state index contributed by atoms with van der Waals surface area (Å²) in [5.74, 6) is 0. The predicted octanol–water partition coefficient (Wildman–Crippen LogP) is 17.5. The van der Waals surface area contributed by atoms with Crippen molar-refractivity contribution in [2.45, 2.75) is 135 Å². The van der Waals surface area contributed by atoms with Crippen molar-refractivity contribution in [1.82, 2.24) is 0 Å². The average molecular weight is 982 g/mol. The van der Waals surface area contributed by atoms with Gasteiger partial charge in [-0.2, -0.15) is 0 Å². The third-order valence-electron chi connectivity index (χ3n) is 19.3. The van der Waals surface area contributed by atoms with Crippen LogP contribution in [-0.2, 0) is 21.7 Å². The molecule has 4 heterocycles. The minimum atomic E-state index is -0.0440. The number of hydrogen-bond acceptors (Lipinski definition) is 4. The Labute approximate surface area is 444 Å². The van der Waals surface area contributed by atoms with E-state index in [1.54, 1.807) is 5.56 Å². The lowest BCUT2D eigenvalue weighted by atomic mass is 9.33. The summed E-state index contributed by atoms with van der Waals surface area (Å²) in [7, 11) is 0. The fraction of sp³-hybridized carbons (Fsp3) is 0.304. The van der Waals surface area contributed by atoms with E-state index in [1.165, 1.54) is 130 Å². The van der Waals surface area contributed by atoms with E-state index in [9.17, 15) is 0 Å². The molecule has 5 heteroatoms. The van der Waals surface area contributed by atoms with Crippen LogP contribution in [0.5, 0.6) is 0 Å². The highest BCUT2D eigenvalue weighted by atomic mass is 32.1. The first kappa shape index (κ1) is 46.0. The molecular formula is C69H68BN3S. The summed E-state index contributed by atoms with van der Waals surface area (Å²) in [6, 6.07) is 61.9. The molecule has 0 amide bonds. The van der Waals surface area contributed by atoms with Crippen molar-refractivity contribution in [2.24, 2.45) is 0 Å². The number of rotatable bonds is 5. The summed E-state index contributed by atoms with van der Waals surface area (Å²) in [5, 5.41) is 2.60. The summed E-state index contributed by atoms with van der Waals surface area (Å²) < 4.78 is 2.62. The van der Waals surface area contributed by atoms with E-state index in [1.807, 2.05) is 11.3 Å². The average Bonchev–Trinajstić information content (AvgIpc) is 3.89. The molecule has 14 rings (SSSR count). The van der Waals surface area contributed by atoms with E-state index in [0.29, 0.717) is 0 Å². The first-order chi connectivity index (χ1) is 35.5. The minimum absolute atomic E-state index is 0.00673. The van der Waals surface area contributed by atoms with E-state index >= 15 is 0 Å². The van der Waals surface area contributed by atoms with Gasteiger partial charge >= 0.3 is 0 Å². The molecule has 0 N–H and O–H groups in total. The zero-order valence-corrected chi connectivity index (χ0v) is 45.9.